The van der Waals surface area contributed by atoms with Crippen LogP contribution in [-0.2, 0) is 4.79 Å². The fourth-order valence-electron chi connectivity index (χ4n) is 2.31. The van der Waals surface area contributed by atoms with Crippen LogP contribution in [0.2, 0.25) is 10.0 Å². The summed E-state index contributed by atoms with van der Waals surface area (Å²) in [5.41, 5.74) is 1.72. The standard InChI is InChI=1S/C20H18Cl2N2O3/c1-4-27-19-8-13(16(22)10-18(19)26-3)7-14(11-23)20(25)24-17-9-15(21)6-5-12(17)2/h5-10H,4H2,1-3H3,(H,24,25)/b14-7+. The molecule has 0 aliphatic rings. The Balaban J connectivity index is 2.37. The van der Waals surface area contributed by atoms with Crippen LogP contribution in [0.3, 0.4) is 0 Å². The van der Waals surface area contributed by atoms with E-state index in [1.54, 1.807) is 30.3 Å². The highest BCUT2D eigenvalue weighted by Crippen LogP contribution is 2.34. The Hall–Kier alpha value is -2.68. The van der Waals surface area contributed by atoms with E-state index < -0.39 is 5.91 Å². The van der Waals surface area contributed by atoms with Crippen molar-refractivity contribution < 1.29 is 14.3 Å². The molecule has 140 valence electrons. The maximum Gasteiger partial charge on any atom is 0.266 e. The SMILES string of the molecule is CCOc1cc(/C=C(\C#N)C(=O)Nc2cc(Cl)ccc2C)c(Cl)cc1OC. The molecule has 0 spiro atoms. The Labute approximate surface area is 168 Å². The van der Waals surface area contributed by atoms with E-state index in [0.717, 1.165) is 5.56 Å². The van der Waals surface area contributed by atoms with Crippen molar-refractivity contribution in [1.82, 2.24) is 0 Å². The Kier molecular flexibility index (Phi) is 7.12. The van der Waals surface area contributed by atoms with Crippen LogP contribution < -0.4 is 14.8 Å². The van der Waals surface area contributed by atoms with Crippen molar-refractivity contribution in [2.45, 2.75) is 13.8 Å². The number of aryl methyl sites for hydroxylation is 1. The molecule has 0 heterocycles. The third-order valence-electron chi connectivity index (χ3n) is 3.70. The van der Waals surface area contributed by atoms with Crippen molar-refractivity contribution in [3.05, 3.63) is 57.1 Å². The summed E-state index contributed by atoms with van der Waals surface area (Å²) in [6.45, 7) is 4.10. The minimum Gasteiger partial charge on any atom is -0.493 e. The van der Waals surface area contributed by atoms with Crippen molar-refractivity contribution in [1.29, 1.82) is 5.26 Å². The number of carbonyl (C=O) groups is 1. The minimum absolute atomic E-state index is 0.108. The van der Waals surface area contributed by atoms with Crippen molar-refractivity contribution in [3.63, 3.8) is 0 Å². The highest BCUT2D eigenvalue weighted by molar-refractivity contribution is 6.32. The average molecular weight is 405 g/mol. The summed E-state index contributed by atoms with van der Waals surface area (Å²) in [5, 5.41) is 12.9. The third kappa shape index (κ3) is 5.16. The van der Waals surface area contributed by atoms with Crippen LogP contribution in [0.15, 0.2) is 35.9 Å². The number of benzene rings is 2. The van der Waals surface area contributed by atoms with Gasteiger partial charge in [0.05, 0.1) is 18.7 Å². The third-order valence-corrected chi connectivity index (χ3v) is 4.26. The predicted molar refractivity (Wildman–Crippen MR) is 108 cm³/mol. The van der Waals surface area contributed by atoms with Crippen LogP contribution >= 0.6 is 23.2 Å². The first-order valence-electron chi connectivity index (χ1n) is 8.09. The summed E-state index contributed by atoms with van der Waals surface area (Å²) < 4.78 is 10.7. The first-order valence-corrected chi connectivity index (χ1v) is 8.84. The topological polar surface area (TPSA) is 71.3 Å². The summed E-state index contributed by atoms with van der Waals surface area (Å²) in [6.07, 6.45) is 1.40. The number of rotatable bonds is 6. The Morgan fingerprint density at radius 2 is 2.00 bits per heavy atom. The van der Waals surface area contributed by atoms with E-state index >= 15 is 0 Å². The number of amides is 1. The van der Waals surface area contributed by atoms with Gasteiger partial charge in [-0.25, -0.2) is 0 Å². The molecule has 0 saturated carbocycles. The molecule has 2 aromatic rings. The molecule has 0 aliphatic carbocycles. The van der Waals surface area contributed by atoms with Gasteiger partial charge in [-0.1, -0.05) is 29.3 Å². The Morgan fingerprint density at radius 3 is 2.63 bits per heavy atom. The van der Waals surface area contributed by atoms with Crippen molar-refractivity contribution in [2.24, 2.45) is 0 Å². The van der Waals surface area contributed by atoms with Gasteiger partial charge in [0.15, 0.2) is 11.5 Å². The summed E-state index contributed by atoms with van der Waals surface area (Å²) >= 11 is 12.2. The molecular formula is C20H18Cl2N2O3. The van der Waals surface area contributed by atoms with E-state index in [1.807, 2.05) is 19.9 Å². The van der Waals surface area contributed by atoms with Gasteiger partial charge in [0, 0.05) is 16.8 Å². The second-order valence-corrected chi connectivity index (χ2v) is 6.38. The number of nitrogens with one attached hydrogen (secondary N) is 1. The van der Waals surface area contributed by atoms with Gasteiger partial charge < -0.3 is 14.8 Å². The van der Waals surface area contributed by atoms with Crippen molar-refractivity contribution in [2.75, 3.05) is 19.0 Å². The lowest BCUT2D eigenvalue weighted by molar-refractivity contribution is -0.112. The Bertz CT molecular complexity index is 934. The lowest BCUT2D eigenvalue weighted by Gasteiger charge is -2.12. The molecule has 0 aromatic heterocycles. The maximum absolute atomic E-state index is 12.5. The van der Waals surface area contributed by atoms with Crippen LogP contribution in [0, 0.1) is 18.3 Å². The number of hydrogen-bond donors (Lipinski definition) is 1. The molecular weight excluding hydrogens is 387 g/mol. The number of methoxy groups -OCH3 is 1. The van der Waals surface area contributed by atoms with E-state index in [4.69, 9.17) is 32.7 Å². The molecule has 0 bridgehead atoms. The van der Waals surface area contributed by atoms with Crippen LogP contribution in [0.25, 0.3) is 6.08 Å². The van der Waals surface area contributed by atoms with E-state index in [-0.39, 0.29) is 5.57 Å². The number of halogens is 2. The van der Waals surface area contributed by atoms with Crippen LogP contribution in [0.4, 0.5) is 5.69 Å². The van der Waals surface area contributed by atoms with Gasteiger partial charge in [-0.2, -0.15) is 5.26 Å². The largest absolute Gasteiger partial charge is 0.493 e. The van der Waals surface area contributed by atoms with E-state index in [0.29, 0.717) is 39.4 Å². The second-order valence-electron chi connectivity index (χ2n) is 5.54. The fourth-order valence-corrected chi connectivity index (χ4v) is 2.69. The predicted octanol–water partition coefficient (Wildman–Crippen LogP) is 5.25. The number of ether oxygens (including phenoxy) is 2. The molecule has 0 fully saturated rings. The molecule has 0 unspecified atom stereocenters. The van der Waals surface area contributed by atoms with E-state index in [9.17, 15) is 10.1 Å². The van der Waals surface area contributed by atoms with Crippen LogP contribution in [-0.4, -0.2) is 19.6 Å². The van der Waals surface area contributed by atoms with Gasteiger partial charge in [-0.15, -0.1) is 0 Å². The Morgan fingerprint density at radius 1 is 1.26 bits per heavy atom. The fraction of sp³-hybridized carbons (Fsp3) is 0.200. The van der Waals surface area contributed by atoms with Crippen molar-refractivity contribution in [3.8, 4) is 17.6 Å². The number of nitrogens with zero attached hydrogens (tertiary/aromatic N) is 1. The molecule has 1 N–H and O–H groups in total. The van der Waals surface area contributed by atoms with Crippen LogP contribution in [0.5, 0.6) is 11.5 Å². The molecule has 0 atom stereocenters. The van der Waals surface area contributed by atoms with Gasteiger partial charge in [-0.3, -0.25) is 4.79 Å². The van der Waals surface area contributed by atoms with E-state index in [1.165, 1.54) is 13.2 Å². The highest BCUT2D eigenvalue weighted by atomic mass is 35.5. The zero-order valence-corrected chi connectivity index (χ0v) is 16.6. The molecule has 0 saturated heterocycles. The quantitative estimate of drug-likeness (QED) is 0.526. The van der Waals surface area contributed by atoms with Gasteiger partial charge in [0.1, 0.15) is 11.6 Å². The molecule has 27 heavy (non-hydrogen) atoms. The summed E-state index contributed by atoms with van der Waals surface area (Å²) in [6, 6.07) is 10.2. The maximum atomic E-state index is 12.5. The minimum atomic E-state index is -0.562. The summed E-state index contributed by atoms with van der Waals surface area (Å²) in [5.74, 6) is 0.378. The number of carbonyl (C=O) groups excluding carboxylic acids is 1. The molecule has 1 amide bonds. The summed E-state index contributed by atoms with van der Waals surface area (Å²) in [4.78, 5) is 12.5. The van der Waals surface area contributed by atoms with Gasteiger partial charge in [0.2, 0.25) is 0 Å². The second kappa shape index (κ2) is 9.31. The van der Waals surface area contributed by atoms with Gasteiger partial charge >= 0.3 is 0 Å². The van der Waals surface area contributed by atoms with Crippen LogP contribution in [0.1, 0.15) is 18.1 Å². The molecule has 2 aromatic carbocycles. The summed E-state index contributed by atoms with van der Waals surface area (Å²) in [7, 11) is 1.51. The molecule has 0 aliphatic heterocycles. The zero-order valence-electron chi connectivity index (χ0n) is 15.1. The number of hydrogen-bond acceptors (Lipinski definition) is 4. The van der Waals surface area contributed by atoms with Crippen molar-refractivity contribution >= 4 is 40.9 Å². The first kappa shape index (κ1) is 20.6. The normalized spacial score (nSPS) is 10.9. The zero-order chi connectivity index (χ0) is 20.0. The highest BCUT2D eigenvalue weighted by Gasteiger charge is 2.14. The van der Waals surface area contributed by atoms with Gasteiger partial charge in [0.25, 0.3) is 5.91 Å². The lowest BCUT2D eigenvalue weighted by Crippen LogP contribution is -2.14. The number of nitriles is 1. The molecule has 5 nitrogen and oxygen atoms in total. The van der Waals surface area contributed by atoms with Gasteiger partial charge in [-0.05, 0) is 49.2 Å². The molecule has 2 rings (SSSR count). The number of anilines is 1. The molecule has 7 heteroatoms. The smallest absolute Gasteiger partial charge is 0.266 e. The van der Waals surface area contributed by atoms with E-state index in [2.05, 4.69) is 5.32 Å². The molecule has 0 radical (unpaired) electrons. The average Bonchev–Trinajstić information content (AvgIpc) is 2.64. The first-order chi connectivity index (χ1) is 12.9. The lowest BCUT2D eigenvalue weighted by atomic mass is 10.1. The monoisotopic (exact) mass is 404 g/mol.